The highest BCUT2D eigenvalue weighted by molar-refractivity contribution is 6.12. The van der Waals surface area contributed by atoms with Gasteiger partial charge in [-0.3, -0.25) is 0 Å². The lowest BCUT2D eigenvalue weighted by molar-refractivity contribution is 0.667. The predicted octanol–water partition coefficient (Wildman–Crippen LogP) is 15.3. The second-order valence-corrected chi connectivity index (χ2v) is 16.4. The number of para-hydroxylation sites is 2. The van der Waals surface area contributed by atoms with Crippen molar-refractivity contribution >= 4 is 43.9 Å². The third-order valence-electron chi connectivity index (χ3n) is 12.9. The molecule has 0 N–H and O–H groups in total. The lowest BCUT2D eigenvalue weighted by Gasteiger charge is -2.21. The number of aromatic nitrogens is 3. The molecule has 0 radical (unpaired) electrons. The van der Waals surface area contributed by atoms with Gasteiger partial charge in [-0.05, 0) is 81.4 Å². The first kappa shape index (κ1) is 35.4. The fourth-order valence-corrected chi connectivity index (χ4v) is 10.1. The maximum Gasteiger partial charge on any atom is 0.180 e. The maximum atomic E-state index is 6.70. The zero-order valence-corrected chi connectivity index (χ0v) is 34.1. The van der Waals surface area contributed by atoms with Crippen LogP contribution in [0.15, 0.2) is 223 Å². The molecular weight excluding hydrogens is 767 g/mol. The molecule has 13 rings (SSSR count). The predicted molar refractivity (Wildman–Crippen MR) is 258 cm³/mol. The van der Waals surface area contributed by atoms with E-state index in [-0.39, 0.29) is 5.92 Å². The highest BCUT2D eigenvalue weighted by Gasteiger charge is 2.31. The quantitative estimate of drug-likeness (QED) is 0.168. The SMILES string of the molecule is c1ccc(-c2nc(-c3cc(-c4ccccc4)c(-n4c5ccccc5c5cc(C6c7ccccc7-c7ccccc76)ccc54)c(-c4ccccc4)c3)c3oc4ccccc4c3n2)cc1. The van der Waals surface area contributed by atoms with Crippen LogP contribution in [0.25, 0.3) is 106 Å². The summed E-state index contributed by atoms with van der Waals surface area (Å²) < 4.78 is 9.20. The van der Waals surface area contributed by atoms with E-state index in [1.165, 1.54) is 38.6 Å². The lowest BCUT2D eigenvalue weighted by Crippen LogP contribution is -2.03. The van der Waals surface area contributed by atoms with Crippen LogP contribution in [0.3, 0.4) is 0 Å². The molecule has 4 nitrogen and oxygen atoms in total. The third-order valence-corrected chi connectivity index (χ3v) is 12.9. The standard InChI is InChI=1S/C59H37N3O/c1-4-18-37(19-5-1)48-35-41(55-58-56(47-29-15-17-31-53(47)63-58)61-59(60-55)39-22-8-3-9-23-39)36-49(38-20-6-2-7-21-38)57(48)62-51-30-16-14-26-44(51)50-34-40(32-33-52(50)62)54-45-27-12-10-24-42(45)43-25-11-13-28-46(43)54/h1-36,54H. The van der Waals surface area contributed by atoms with E-state index in [1.54, 1.807) is 0 Å². The van der Waals surface area contributed by atoms with Gasteiger partial charge in [-0.25, -0.2) is 9.97 Å². The van der Waals surface area contributed by atoms with Gasteiger partial charge in [0.1, 0.15) is 16.8 Å². The van der Waals surface area contributed by atoms with E-state index >= 15 is 0 Å². The van der Waals surface area contributed by atoms with Crippen molar-refractivity contribution in [2.24, 2.45) is 0 Å². The minimum absolute atomic E-state index is 0.145. The van der Waals surface area contributed by atoms with E-state index in [1.807, 2.05) is 36.4 Å². The first-order chi connectivity index (χ1) is 31.3. The van der Waals surface area contributed by atoms with Crippen LogP contribution in [0.4, 0.5) is 0 Å². The largest absolute Gasteiger partial charge is 0.452 e. The molecule has 63 heavy (non-hydrogen) atoms. The van der Waals surface area contributed by atoms with E-state index in [4.69, 9.17) is 14.4 Å². The van der Waals surface area contributed by atoms with Gasteiger partial charge >= 0.3 is 0 Å². The Morgan fingerprint density at radius 2 is 0.937 bits per heavy atom. The Morgan fingerprint density at radius 3 is 1.60 bits per heavy atom. The number of hydrogen-bond acceptors (Lipinski definition) is 3. The fourth-order valence-electron chi connectivity index (χ4n) is 10.1. The van der Waals surface area contributed by atoms with Crippen LogP contribution in [0.1, 0.15) is 22.6 Å². The Balaban J connectivity index is 1.12. The Bertz CT molecular complexity index is 3630. The highest BCUT2D eigenvalue weighted by atomic mass is 16.3. The van der Waals surface area contributed by atoms with Crippen molar-refractivity contribution in [2.45, 2.75) is 5.92 Å². The molecule has 9 aromatic carbocycles. The zero-order chi connectivity index (χ0) is 41.4. The molecule has 12 aromatic rings. The van der Waals surface area contributed by atoms with Crippen molar-refractivity contribution in [3.8, 4) is 61.7 Å². The molecule has 3 aromatic heterocycles. The van der Waals surface area contributed by atoms with Crippen molar-refractivity contribution in [3.63, 3.8) is 0 Å². The summed E-state index contributed by atoms with van der Waals surface area (Å²) in [5.41, 5.74) is 19.3. The van der Waals surface area contributed by atoms with Crippen LogP contribution in [0, 0.1) is 0 Å². The van der Waals surface area contributed by atoms with Gasteiger partial charge in [0.2, 0.25) is 0 Å². The minimum atomic E-state index is 0.145. The van der Waals surface area contributed by atoms with E-state index < -0.39 is 0 Å². The minimum Gasteiger partial charge on any atom is -0.452 e. The Kier molecular flexibility index (Phi) is 7.94. The molecule has 0 atom stereocenters. The summed E-state index contributed by atoms with van der Waals surface area (Å²) in [5, 5.41) is 3.40. The van der Waals surface area contributed by atoms with Crippen LogP contribution in [0.5, 0.6) is 0 Å². The molecule has 1 aliphatic carbocycles. The van der Waals surface area contributed by atoms with Gasteiger partial charge in [-0.2, -0.15) is 0 Å². The Labute approximate surface area is 364 Å². The topological polar surface area (TPSA) is 43.9 Å². The lowest BCUT2D eigenvalue weighted by atomic mass is 9.88. The molecule has 0 unspecified atom stereocenters. The van der Waals surface area contributed by atoms with Gasteiger partial charge in [0.05, 0.1) is 16.7 Å². The van der Waals surface area contributed by atoms with Crippen molar-refractivity contribution in [1.82, 2.24) is 14.5 Å². The van der Waals surface area contributed by atoms with Gasteiger partial charge in [0.25, 0.3) is 0 Å². The fraction of sp³-hybridized carbons (Fsp3) is 0.0169. The average Bonchev–Trinajstić information content (AvgIpc) is 4.02. The van der Waals surface area contributed by atoms with Crippen molar-refractivity contribution in [2.75, 3.05) is 0 Å². The summed E-state index contributed by atoms with van der Waals surface area (Å²) in [4.78, 5) is 10.5. The van der Waals surface area contributed by atoms with Gasteiger partial charge < -0.3 is 8.98 Å². The molecule has 0 spiro atoms. The smallest absolute Gasteiger partial charge is 0.180 e. The van der Waals surface area contributed by atoms with Crippen LogP contribution >= 0.6 is 0 Å². The van der Waals surface area contributed by atoms with E-state index in [0.29, 0.717) is 11.4 Å². The molecule has 0 saturated heterocycles. The second kappa shape index (κ2) is 14.1. The van der Waals surface area contributed by atoms with Crippen LogP contribution in [-0.4, -0.2) is 14.5 Å². The van der Waals surface area contributed by atoms with E-state index in [0.717, 1.165) is 72.3 Å². The van der Waals surface area contributed by atoms with Gasteiger partial charge in [0.15, 0.2) is 11.4 Å². The van der Waals surface area contributed by atoms with E-state index in [9.17, 15) is 0 Å². The van der Waals surface area contributed by atoms with Gasteiger partial charge in [0, 0.05) is 44.3 Å². The van der Waals surface area contributed by atoms with Crippen LogP contribution in [-0.2, 0) is 0 Å². The summed E-state index contributed by atoms with van der Waals surface area (Å²) in [6.45, 7) is 0. The summed E-state index contributed by atoms with van der Waals surface area (Å²) >= 11 is 0. The molecule has 0 aliphatic heterocycles. The average molecular weight is 804 g/mol. The maximum absolute atomic E-state index is 6.70. The number of nitrogens with zero attached hydrogens (tertiary/aromatic N) is 3. The molecule has 0 fully saturated rings. The number of benzene rings is 9. The monoisotopic (exact) mass is 803 g/mol. The number of hydrogen-bond donors (Lipinski definition) is 0. The zero-order valence-electron chi connectivity index (χ0n) is 34.1. The van der Waals surface area contributed by atoms with Crippen molar-refractivity contribution < 1.29 is 4.42 Å². The summed E-state index contributed by atoms with van der Waals surface area (Å²) in [6.07, 6.45) is 0. The molecule has 0 saturated carbocycles. The summed E-state index contributed by atoms with van der Waals surface area (Å²) in [6, 6.07) is 78.3. The molecule has 3 heterocycles. The summed E-state index contributed by atoms with van der Waals surface area (Å²) in [7, 11) is 0. The number of fused-ring (bicyclic) bond motifs is 9. The molecule has 0 amide bonds. The van der Waals surface area contributed by atoms with Gasteiger partial charge in [-0.1, -0.05) is 176 Å². The molecule has 0 bridgehead atoms. The van der Waals surface area contributed by atoms with Crippen LogP contribution < -0.4 is 0 Å². The normalized spacial score (nSPS) is 12.4. The molecule has 1 aliphatic rings. The number of furan rings is 1. The van der Waals surface area contributed by atoms with Gasteiger partial charge in [-0.15, -0.1) is 0 Å². The highest BCUT2D eigenvalue weighted by Crippen LogP contribution is 2.50. The first-order valence-corrected chi connectivity index (χ1v) is 21.5. The summed E-state index contributed by atoms with van der Waals surface area (Å²) in [5.74, 6) is 0.800. The Morgan fingerprint density at radius 1 is 0.397 bits per heavy atom. The Hall–Kier alpha value is -8.34. The second-order valence-electron chi connectivity index (χ2n) is 16.4. The first-order valence-electron chi connectivity index (χ1n) is 21.5. The van der Waals surface area contributed by atoms with E-state index in [2.05, 4.69) is 187 Å². The number of rotatable bonds is 6. The molecule has 294 valence electrons. The van der Waals surface area contributed by atoms with Crippen molar-refractivity contribution in [3.05, 3.63) is 235 Å². The van der Waals surface area contributed by atoms with Crippen molar-refractivity contribution in [1.29, 1.82) is 0 Å². The van der Waals surface area contributed by atoms with Crippen LogP contribution in [0.2, 0.25) is 0 Å². The molecule has 4 heteroatoms. The third kappa shape index (κ3) is 5.55. The molecular formula is C59H37N3O.